The Morgan fingerprint density at radius 1 is 1.43 bits per heavy atom. The Morgan fingerprint density at radius 2 is 2.14 bits per heavy atom. The van der Waals surface area contributed by atoms with Crippen LogP contribution >= 0.6 is 15.9 Å². The molecule has 0 bridgehead atoms. The molecule has 0 spiro atoms. The van der Waals surface area contributed by atoms with Crippen LogP contribution in [0.1, 0.15) is 24.8 Å². The number of benzene rings is 1. The number of rotatable bonds is 6. The predicted octanol–water partition coefficient (Wildman–Crippen LogP) is 2.27. The van der Waals surface area contributed by atoms with Crippen LogP contribution in [0.4, 0.5) is 0 Å². The first-order valence-corrected chi connectivity index (χ1v) is 7.95. The molecule has 0 aromatic heterocycles. The smallest absolute Gasteiger partial charge is 0.223 e. The zero-order valence-electron chi connectivity index (χ0n) is 12.2. The van der Waals surface area contributed by atoms with Gasteiger partial charge in [0.1, 0.15) is 0 Å². The number of phenolic OH excluding ortho intramolecular Hbond substituents is 1. The fourth-order valence-electron chi connectivity index (χ4n) is 2.44. The molecule has 1 fully saturated rings. The lowest BCUT2D eigenvalue weighted by molar-refractivity contribution is -0.130. The number of halogens is 1. The van der Waals surface area contributed by atoms with Crippen molar-refractivity contribution >= 4 is 21.8 Å². The number of methoxy groups -OCH3 is 1. The highest BCUT2D eigenvalue weighted by Crippen LogP contribution is 2.35. The Hall–Kier alpha value is -1.27. The van der Waals surface area contributed by atoms with Gasteiger partial charge >= 0.3 is 0 Å². The van der Waals surface area contributed by atoms with E-state index in [1.165, 1.54) is 7.11 Å². The SMILES string of the molecule is COc1cc(CNCCC(=O)N2CCCC2)cc(Br)c1O. The van der Waals surface area contributed by atoms with Crippen LogP contribution in [0.15, 0.2) is 16.6 Å². The summed E-state index contributed by atoms with van der Waals surface area (Å²) in [4.78, 5) is 13.8. The fraction of sp³-hybridized carbons (Fsp3) is 0.533. The summed E-state index contributed by atoms with van der Waals surface area (Å²) in [5.74, 6) is 0.768. The van der Waals surface area contributed by atoms with Crippen molar-refractivity contribution in [2.75, 3.05) is 26.7 Å². The Kier molecular flexibility index (Phi) is 5.87. The average molecular weight is 357 g/mol. The minimum Gasteiger partial charge on any atom is -0.503 e. The van der Waals surface area contributed by atoms with Crippen LogP contribution < -0.4 is 10.1 Å². The van der Waals surface area contributed by atoms with Crippen LogP contribution in [0.3, 0.4) is 0 Å². The van der Waals surface area contributed by atoms with Crippen molar-refractivity contribution in [2.45, 2.75) is 25.8 Å². The highest BCUT2D eigenvalue weighted by atomic mass is 79.9. The Bertz CT molecular complexity index is 502. The summed E-state index contributed by atoms with van der Waals surface area (Å²) in [6, 6.07) is 3.63. The molecule has 1 aliphatic rings. The van der Waals surface area contributed by atoms with Crippen molar-refractivity contribution in [3.8, 4) is 11.5 Å². The zero-order valence-corrected chi connectivity index (χ0v) is 13.8. The first kappa shape index (κ1) is 16.1. The van der Waals surface area contributed by atoms with E-state index < -0.39 is 0 Å². The Morgan fingerprint density at radius 3 is 2.81 bits per heavy atom. The molecule has 1 saturated heterocycles. The molecule has 0 aliphatic carbocycles. The fourth-order valence-corrected chi connectivity index (χ4v) is 2.93. The molecule has 1 amide bonds. The Balaban J connectivity index is 1.78. The second-order valence-electron chi connectivity index (χ2n) is 5.14. The summed E-state index contributed by atoms with van der Waals surface area (Å²) < 4.78 is 5.71. The number of likely N-dealkylation sites (tertiary alicyclic amines) is 1. The van der Waals surface area contributed by atoms with Gasteiger partial charge in [-0.25, -0.2) is 0 Å². The number of amides is 1. The molecule has 2 rings (SSSR count). The second kappa shape index (κ2) is 7.66. The molecule has 1 heterocycles. The molecule has 1 aliphatic heterocycles. The summed E-state index contributed by atoms with van der Waals surface area (Å²) in [6.07, 6.45) is 2.78. The Labute approximate surface area is 133 Å². The number of nitrogens with zero attached hydrogens (tertiary/aromatic N) is 1. The number of carbonyl (C=O) groups is 1. The number of ether oxygens (including phenoxy) is 1. The second-order valence-corrected chi connectivity index (χ2v) is 6.00. The van der Waals surface area contributed by atoms with E-state index in [2.05, 4.69) is 21.2 Å². The van der Waals surface area contributed by atoms with Crippen LogP contribution in [0.25, 0.3) is 0 Å². The van der Waals surface area contributed by atoms with E-state index in [4.69, 9.17) is 4.74 Å². The van der Waals surface area contributed by atoms with Crippen LogP contribution in [0.2, 0.25) is 0 Å². The van der Waals surface area contributed by atoms with Gasteiger partial charge in [0.25, 0.3) is 0 Å². The lowest BCUT2D eigenvalue weighted by Gasteiger charge is -2.15. The standard InChI is InChI=1S/C15H21BrN2O3/c1-21-13-9-11(8-12(16)15(13)20)10-17-5-4-14(19)18-6-2-3-7-18/h8-9,17,20H,2-7,10H2,1H3. The van der Waals surface area contributed by atoms with Crippen molar-refractivity contribution in [3.63, 3.8) is 0 Å². The molecule has 0 atom stereocenters. The molecule has 6 heteroatoms. The van der Waals surface area contributed by atoms with Gasteiger partial charge in [0.2, 0.25) is 5.91 Å². The van der Waals surface area contributed by atoms with Gasteiger partial charge in [-0.05, 0) is 46.5 Å². The molecule has 2 N–H and O–H groups in total. The molecule has 5 nitrogen and oxygen atoms in total. The van der Waals surface area contributed by atoms with Crippen molar-refractivity contribution in [1.29, 1.82) is 0 Å². The number of nitrogens with one attached hydrogen (secondary N) is 1. The van der Waals surface area contributed by atoms with Gasteiger partial charge in [0, 0.05) is 32.6 Å². The van der Waals surface area contributed by atoms with Gasteiger partial charge in [-0.2, -0.15) is 0 Å². The summed E-state index contributed by atoms with van der Waals surface area (Å²) in [5.41, 5.74) is 0.991. The van der Waals surface area contributed by atoms with Crippen molar-refractivity contribution < 1.29 is 14.6 Å². The summed E-state index contributed by atoms with van der Waals surface area (Å²) >= 11 is 3.30. The monoisotopic (exact) mass is 356 g/mol. The first-order valence-electron chi connectivity index (χ1n) is 7.15. The van der Waals surface area contributed by atoms with E-state index in [-0.39, 0.29) is 11.7 Å². The molecular weight excluding hydrogens is 336 g/mol. The van der Waals surface area contributed by atoms with Gasteiger partial charge in [-0.3, -0.25) is 4.79 Å². The van der Waals surface area contributed by atoms with E-state index in [0.717, 1.165) is 31.5 Å². The maximum absolute atomic E-state index is 11.9. The molecule has 0 saturated carbocycles. The molecule has 21 heavy (non-hydrogen) atoms. The summed E-state index contributed by atoms with van der Waals surface area (Å²) in [7, 11) is 1.52. The van der Waals surface area contributed by atoms with Gasteiger partial charge in [0.05, 0.1) is 11.6 Å². The van der Waals surface area contributed by atoms with Crippen molar-refractivity contribution in [1.82, 2.24) is 10.2 Å². The normalized spacial score (nSPS) is 14.5. The van der Waals surface area contributed by atoms with Crippen molar-refractivity contribution in [3.05, 3.63) is 22.2 Å². The highest BCUT2D eigenvalue weighted by Gasteiger charge is 2.17. The molecular formula is C15H21BrN2O3. The third kappa shape index (κ3) is 4.35. The number of aromatic hydroxyl groups is 1. The topological polar surface area (TPSA) is 61.8 Å². The third-order valence-corrected chi connectivity index (χ3v) is 4.22. The van der Waals surface area contributed by atoms with Crippen LogP contribution in [0, 0.1) is 0 Å². The number of hydrogen-bond acceptors (Lipinski definition) is 4. The number of phenols is 1. The van der Waals surface area contributed by atoms with E-state index in [9.17, 15) is 9.90 Å². The summed E-state index contributed by atoms with van der Waals surface area (Å²) in [5, 5.41) is 13.0. The highest BCUT2D eigenvalue weighted by molar-refractivity contribution is 9.10. The lowest BCUT2D eigenvalue weighted by Crippen LogP contribution is -2.30. The van der Waals surface area contributed by atoms with Gasteiger partial charge in [-0.15, -0.1) is 0 Å². The average Bonchev–Trinajstić information content (AvgIpc) is 3.01. The summed E-state index contributed by atoms with van der Waals surface area (Å²) in [6.45, 7) is 3.08. The molecule has 0 radical (unpaired) electrons. The van der Waals surface area contributed by atoms with Gasteiger partial charge in [0.15, 0.2) is 11.5 Å². The molecule has 1 aromatic carbocycles. The molecule has 116 valence electrons. The van der Waals surface area contributed by atoms with Gasteiger partial charge < -0.3 is 20.1 Å². The first-order chi connectivity index (χ1) is 10.1. The quantitative estimate of drug-likeness (QED) is 0.767. The maximum atomic E-state index is 11.9. The van der Waals surface area contributed by atoms with Crippen LogP contribution in [0.5, 0.6) is 11.5 Å². The van der Waals surface area contributed by atoms with E-state index in [0.29, 0.717) is 29.7 Å². The lowest BCUT2D eigenvalue weighted by atomic mass is 10.2. The predicted molar refractivity (Wildman–Crippen MR) is 84.5 cm³/mol. The van der Waals surface area contributed by atoms with E-state index >= 15 is 0 Å². The zero-order chi connectivity index (χ0) is 15.2. The maximum Gasteiger partial charge on any atom is 0.223 e. The van der Waals surface area contributed by atoms with Crippen molar-refractivity contribution in [2.24, 2.45) is 0 Å². The minimum absolute atomic E-state index is 0.102. The van der Waals surface area contributed by atoms with Gasteiger partial charge in [-0.1, -0.05) is 0 Å². The van der Waals surface area contributed by atoms with Crippen LogP contribution in [-0.4, -0.2) is 42.7 Å². The molecule has 0 unspecified atom stereocenters. The van der Waals surface area contributed by atoms with E-state index in [1.807, 2.05) is 11.0 Å². The minimum atomic E-state index is 0.102. The third-order valence-electron chi connectivity index (χ3n) is 3.61. The number of carbonyl (C=O) groups excluding carboxylic acids is 1. The number of hydrogen-bond donors (Lipinski definition) is 2. The van der Waals surface area contributed by atoms with Crippen LogP contribution in [-0.2, 0) is 11.3 Å². The van der Waals surface area contributed by atoms with E-state index in [1.54, 1.807) is 6.07 Å². The molecule has 1 aromatic rings. The largest absolute Gasteiger partial charge is 0.503 e.